The molecule has 5 heteroatoms. The van der Waals surface area contributed by atoms with Gasteiger partial charge in [-0.25, -0.2) is 0 Å². The first-order valence-electron chi connectivity index (χ1n) is 10.0. The predicted molar refractivity (Wildman–Crippen MR) is 111 cm³/mol. The van der Waals surface area contributed by atoms with Crippen LogP contribution in [0.5, 0.6) is 11.5 Å². The molecule has 150 valence electrons. The van der Waals surface area contributed by atoms with Crippen molar-refractivity contribution in [1.29, 1.82) is 0 Å². The summed E-state index contributed by atoms with van der Waals surface area (Å²) in [5.74, 6) is 1.11. The smallest absolute Gasteiger partial charge is 0.251 e. The highest BCUT2D eigenvalue weighted by Crippen LogP contribution is 2.29. The van der Waals surface area contributed by atoms with Gasteiger partial charge in [-0.3, -0.25) is 9.69 Å². The number of likely N-dealkylation sites (tertiary alicyclic amines) is 1. The predicted octanol–water partition coefficient (Wildman–Crippen LogP) is 3.88. The Hall–Kier alpha value is -2.53. The number of hydrogen-bond donors (Lipinski definition) is 1. The molecule has 1 saturated heterocycles. The summed E-state index contributed by atoms with van der Waals surface area (Å²) < 4.78 is 11.3. The average molecular weight is 383 g/mol. The van der Waals surface area contributed by atoms with Crippen LogP contribution in [0.4, 0.5) is 0 Å². The summed E-state index contributed by atoms with van der Waals surface area (Å²) in [6, 6.07) is 15.9. The number of rotatable bonds is 8. The topological polar surface area (TPSA) is 50.8 Å². The Labute approximate surface area is 167 Å². The lowest BCUT2D eigenvalue weighted by Crippen LogP contribution is -2.42. The zero-order valence-corrected chi connectivity index (χ0v) is 16.8. The molecule has 1 aliphatic heterocycles. The number of methoxy groups -OCH3 is 1. The van der Waals surface area contributed by atoms with Crippen molar-refractivity contribution < 1.29 is 14.3 Å². The Bertz CT molecular complexity index is 764. The fraction of sp³-hybridized carbons (Fsp3) is 0.435. The van der Waals surface area contributed by atoms with Crippen LogP contribution in [0.25, 0.3) is 0 Å². The van der Waals surface area contributed by atoms with E-state index in [2.05, 4.69) is 17.1 Å². The van der Waals surface area contributed by atoms with Gasteiger partial charge >= 0.3 is 0 Å². The third-order valence-corrected chi connectivity index (χ3v) is 5.29. The van der Waals surface area contributed by atoms with E-state index < -0.39 is 0 Å². The van der Waals surface area contributed by atoms with Crippen molar-refractivity contribution in [2.75, 3.05) is 26.7 Å². The van der Waals surface area contributed by atoms with Crippen LogP contribution < -0.4 is 14.8 Å². The molecule has 1 N–H and O–H groups in total. The molecule has 0 saturated carbocycles. The maximum atomic E-state index is 12.5. The Kier molecular flexibility index (Phi) is 7.31. The molecule has 2 aromatic carbocycles. The van der Waals surface area contributed by atoms with Crippen molar-refractivity contribution in [2.24, 2.45) is 0 Å². The quantitative estimate of drug-likeness (QED) is 0.753. The van der Waals surface area contributed by atoms with Crippen LogP contribution in [0.2, 0.25) is 0 Å². The monoisotopic (exact) mass is 382 g/mol. The van der Waals surface area contributed by atoms with Crippen LogP contribution in [0.3, 0.4) is 0 Å². The molecule has 1 fully saturated rings. The third kappa shape index (κ3) is 5.49. The Morgan fingerprint density at radius 3 is 2.71 bits per heavy atom. The van der Waals surface area contributed by atoms with Crippen molar-refractivity contribution in [3.63, 3.8) is 0 Å². The average Bonchev–Trinajstić information content (AvgIpc) is 2.74. The first-order chi connectivity index (χ1) is 13.7. The fourth-order valence-electron chi connectivity index (χ4n) is 3.57. The fourth-order valence-corrected chi connectivity index (χ4v) is 3.57. The lowest BCUT2D eigenvalue weighted by Gasteiger charge is -2.33. The Balaban J connectivity index is 1.54. The van der Waals surface area contributed by atoms with E-state index in [1.807, 2.05) is 30.3 Å². The van der Waals surface area contributed by atoms with Gasteiger partial charge in [0.05, 0.1) is 7.11 Å². The molecule has 0 aromatic heterocycles. The van der Waals surface area contributed by atoms with Crippen molar-refractivity contribution in [3.8, 4) is 11.5 Å². The second-order valence-electron chi connectivity index (χ2n) is 7.28. The number of benzene rings is 2. The first-order valence-corrected chi connectivity index (χ1v) is 10.0. The van der Waals surface area contributed by atoms with Crippen molar-refractivity contribution in [1.82, 2.24) is 10.2 Å². The van der Waals surface area contributed by atoms with E-state index in [9.17, 15) is 4.79 Å². The molecule has 1 amide bonds. The SMILES string of the molecule is COc1cc(C(=O)NCCN2CCCCC2C)ccc1OCc1ccccc1. The summed E-state index contributed by atoms with van der Waals surface area (Å²) in [5.41, 5.74) is 1.66. The molecule has 1 unspecified atom stereocenters. The summed E-state index contributed by atoms with van der Waals surface area (Å²) >= 11 is 0. The normalized spacial score (nSPS) is 17.1. The molecule has 28 heavy (non-hydrogen) atoms. The summed E-state index contributed by atoms with van der Waals surface area (Å²) in [6.45, 7) is 5.38. The number of nitrogens with one attached hydrogen (secondary N) is 1. The molecule has 0 aliphatic carbocycles. The van der Waals surface area contributed by atoms with E-state index >= 15 is 0 Å². The zero-order chi connectivity index (χ0) is 19.8. The number of ether oxygens (including phenoxy) is 2. The van der Waals surface area contributed by atoms with Crippen molar-refractivity contribution in [3.05, 3.63) is 59.7 Å². The third-order valence-electron chi connectivity index (χ3n) is 5.29. The maximum absolute atomic E-state index is 12.5. The number of hydrogen-bond acceptors (Lipinski definition) is 4. The molecule has 0 spiro atoms. The summed E-state index contributed by atoms with van der Waals surface area (Å²) in [6.07, 6.45) is 3.80. The van der Waals surface area contributed by atoms with E-state index in [1.54, 1.807) is 25.3 Å². The summed E-state index contributed by atoms with van der Waals surface area (Å²) in [7, 11) is 1.59. The molecule has 0 radical (unpaired) electrons. The van der Waals surface area contributed by atoms with Gasteiger partial charge in [0.2, 0.25) is 0 Å². The van der Waals surface area contributed by atoms with Crippen LogP contribution in [0.15, 0.2) is 48.5 Å². The molecular formula is C23H30N2O3. The first kappa shape index (κ1) is 20.2. The van der Waals surface area contributed by atoms with Crippen molar-refractivity contribution in [2.45, 2.75) is 38.8 Å². The largest absolute Gasteiger partial charge is 0.493 e. The summed E-state index contributed by atoms with van der Waals surface area (Å²) in [5, 5.41) is 3.02. The lowest BCUT2D eigenvalue weighted by atomic mass is 10.0. The van der Waals surface area contributed by atoms with Gasteiger partial charge in [-0.1, -0.05) is 36.8 Å². The van der Waals surface area contributed by atoms with Gasteiger partial charge in [-0.15, -0.1) is 0 Å². The second-order valence-corrected chi connectivity index (χ2v) is 7.28. The molecule has 5 nitrogen and oxygen atoms in total. The van der Waals surface area contributed by atoms with Gasteiger partial charge in [-0.05, 0) is 50.1 Å². The molecule has 0 bridgehead atoms. The van der Waals surface area contributed by atoms with Gasteiger partial charge in [0.15, 0.2) is 11.5 Å². The van der Waals surface area contributed by atoms with Crippen LogP contribution in [0, 0.1) is 0 Å². The molecule has 1 aliphatic rings. The number of amides is 1. The minimum atomic E-state index is -0.0856. The van der Waals surface area contributed by atoms with E-state index in [0.717, 1.165) is 18.7 Å². The number of carbonyl (C=O) groups excluding carboxylic acids is 1. The highest BCUT2D eigenvalue weighted by molar-refractivity contribution is 5.94. The van der Waals surface area contributed by atoms with Crippen LogP contribution in [-0.2, 0) is 6.61 Å². The number of piperidine rings is 1. The number of nitrogens with zero attached hydrogens (tertiary/aromatic N) is 1. The van der Waals surface area contributed by atoms with Crippen LogP contribution in [0.1, 0.15) is 42.1 Å². The summed E-state index contributed by atoms with van der Waals surface area (Å²) in [4.78, 5) is 14.9. The van der Waals surface area contributed by atoms with Gasteiger partial charge < -0.3 is 14.8 Å². The van der Waals surface area contributed by atoms with Crippen LogP contribution in [-0.4, -0.2) is 43.6 Å². The van der Waals surface area contributed by atoms with Gasteiger partial charge in [0, 0.05) is 24.7 Å². The standard InChI is InChI=1S/C23H30N2O3/c1-18-8-6-7-14-25(18)15-13-24-23(26)20-11-12-21(22(16-20)27-2)28-17-19-9-4-3-5-10-19/h3-5,9-12,16,18H,6-8,13-15,17H2,1-2H3,(H,24,26). The van der Waals surface area contributed by atoms with E-state index in [4.69, 9.17) is 9.47 Å². The van der Waals surface area contributed by atoms with E-state index in [1.165, 1.54) is 19.3 Å². The maximum Gasteiger partial charge on any atom is 0.251 e. The molecular weight excluding hydrogens is 352 g/mol. The van der Waals surface area contributed by atoms with Gasteiger partial charge in [-0.2, -0.15) is 0 Å². The Morgan fingerprint density at radius 1 is 1.14 bits per heavy atom. The molecule has 3 rings (SSSR count). The molecule has 1 atom stereocenters. The van der Waals surface area contributed by atoms with Gasteiger partial charge in [0.1, 0.15) is 6.61 Å². The minimum Gasteiger partial charge on any atom is -0.493 e. The van der Waals surface area contributed by atoms with Crippen molar-refractivity contribution >= 4 is 5.91 Å². The lowest BCUT2D eigenvalue weighted by molar-refractivity contribution is 0.0938. The second kappa shape index (κ2) is 10.1. The van der Waals surface area contributed by atoms with Crippen LogP contribution >= 0.6 is 0 Å². The molecule has 1 heterocycles. The highest BCUT2D eigenvalue weighted by Gasteiger charge is 2.18. The minimum absolute atomic E-state index is 0.0856. The van der Waals surface area contributed by atoms with E-state index in [0.29, 0.717) is 36.3 Å². The molecule has 2 aromatic rings. The Morgan fingerprint density at radius 2 is 1.96 bits per heavy atom. The van der Waals surface area contributed by atoms with Gasteiger partial charge in [0.25, 0.3) is 5.91 Å². The van der Waals surface area contributed by atoms with E-state index in [-0.39, 0.29) is 5.91 Å². The highest BCUT2D eigenvalue weighted by atomic mass is 16.5. The number of carbonyl (C=O) groups is 1. The zero-order valence-electron chi connectivity index (χ0n) is 16.8.